The minimum Gasteiger partial charge on any atom is -0.302 e. The Labute approximate surface area is 117 Å². The van der Waals surface area contributed by atoms with Crippen LogP contribution in [0, 0.1) is 13.8 Å². The molecular formula is C11H18O7P2. The molecule has 7 nitrogen and oxygen atoms in total. The first kappa shape index (κ1) is 17.5. The summed E-state index contributed by atoms with van der Waals surface area (Å²) in [5, 5.41) is 0. The topological polar surface area (TPSA) is 113 Å². The number of benzene rings is 1. The highest BCUT2D eigenvalue weighted by Gasteiger charge is 2.39. The first-order valence-corrected chi connectivity index (χ1v) is 8.74. The Morgan fingerprint density at radius 3 is 2.15 bits per heavy atom. The van der Waals surface area contributed by atoms with Gasteiger partial charge in [0, 0.05) is 0 Å². The molecule has 0 bridgehead atoms. The summed E-state index contributed by atoms with van der Waals surface area (Å²) in [7, 11) is -10.0. The Morgan fingerprint density at radius 1 is 1.10 bits per heavy atom. The molecule has 0 saturated heterocycles. The molecule has 0 fully saturated rings. The Morgan fingerprint density at radius 2 is 1.65 bits per heavy atom. The van der Waals surface area contributed by atoms with Crippen molar-refractivity contribution in [3.05, 3.63) is 34.9 Å². The van der Waals surface area contributed by atoms with Crippen LogP contribution in [-0.4, -0.2) is 14.7 Å². The summed E-state index contributed by atoms with van der Waals surface area (Å²) < 4.78 is 31.0. The van der Waals surface area contributed by atoms with Gasteiger partial charge >= 0.3 is 15.6 Å². The van der Waals surface area contributed by atoms with E-state index in [1.54, 1.807) is 12.1 Å². The third-order valence-electron chi connectivity index (χ3n) is 2.81. The van der Waals surface area contributed by atoms with Crippen molar-refractivity contribution in [2.75, 3.05) is 0 Å². The van der Waals surface area contributed by atoms with Gasteiger partial charge in [0.05, 0.1) is 5.60 Å². The molecule has 0 saturated carbocycles. The van der Waals surface area contributed by atoms with Crippen molar-refractivity contribution in [3.63, 3.8) is 0 Å². The third-order valence-corrected chi connectivity index (χ3v) is 5.17. The van der Waals surface area contributed by atoms with Crippen LogP contribution in [0.3, 0.4) is 0 Å². The summed E-state index contributed by atoms with van der Waals surface area (Å²) in [6.07, 6.45) is 0. The van der Waals surface area contributed by atoms with Crippen LogP contribution in [0.1, 0.15) is 30.5 Å². The first-order chi connectivity index (χ1) is 8.84. The van der Waals surface area contributed by atoms with Crippen molar-refractivity contribution in [2.45, 2.75) is 33.3 Å². The van der Waals surface area contributed by atoms with Crippen LogP contribution in [-0.2, 0) is 23.6 Å². The van der Waals surface area contributed by atoms with Crippen LogP contribution in [0.2, 0.25) is 0 Å². The average Bonchev–Trinajstić information content (AvgIpc) is 2.15. The zero-order valence-electron chi connectivity index (χ0n) is 11.6. The second-order valence-corrected chi connectivity index (χ2v) is 7.64. The standard InChI is InChI=1S/C11H18O7P2/c1-8-6-5-7-10(9(8)2)11(3,4)17-20(15,16)18-19(12,13)14/h5-7H,1-4H3,(H,15,16)(H2,12,13,14). The van der Waals surface area contributed by atoms with Crippen LogP contribution < -0.4 is 0 Å². The molecule has 0 spiro atoms. The predicted octanol–water partition coefficient (Wildman–Crippen LogP) is 2.76. The van der Waals surface area contributed by atoms with E-state index in [4.69, 9.17) is 14.3 Å². The third kappa shape index (κ3) is 4.79. The van der Waals surface area contributed by atoms with Crippen LogP contribution in [0.5, 0.6) is 0 Å². The van der Waals surface area contributed by atoms with Crippen LogP contribution in [0.15, 0.2) is 18.2 Å². The lowest BCUT2D eigenvalue weighted by Crippen LogP contribution is -2.22. The summed E-state index contributed by atoms with van der Waals surface area (Å²) in [6.45, 7) is 6.73. The summed E-state index contributed by atoms with van der Waals surface area (Å²) in [4.78, 5) is 26.6. The highest BCUT2D eigenvalue weighted by Crippen LogP contribution is 2.60. The van der Waals surface area contributed by atoms with Gasteiger partial charge < -0.3 is 14.7 Å². The van der Waals surface area contributed by atoms with E-state index < -0.39 is 21.2 Å². The molecule has 0 aliphatic rings. The van der Waals surface area contributed by atoms with Gasteiger partial charge in [0.2, 0.25) is 0 Å². The number of hydrogen-bond acceptors (Lipinski definition) is 4. The van der Waals surface area contributed by atoms with Gasteiger partial charge in [0.1, 0.15) is 0 Å². The second-order valence-electron chi connectivity index (χ2n) is 4.89. The fourth-order valence-electron chi connectivity index (χ4n) is 1.89. The Balaban J connectivity index is 3.09. The molecule has 3 N–H and O–H groups in total. The van der Waals surface area contributed by atoms with Crippen LogP contribution in [0.4, 0.5) is 0 Å². The van der Waals surface area contributed by atoms with Crippen LogP contribution >= 0.6 is 15.6 Å². The predicted molar refractivity (Wildman–Crippen MR) is 73.0 cm³/mol. The molecule has 114 valence electrons. The molecule has 9 heteroatoms. The molecule has 0 amide bonds. The molecular weight excluding hydrogens is 306 g/mol. The van der Waals surface area contributed by atoms with Gasteiger partial charge in [-0.1, -0.05) is 18.2 Å². The fourth-order valence-corrected chi connectivity index (χ4v) is 3.78. The Bertz CT molecular complexity index is 590. The van der Waals surface area contributed by atoms with E-state index >= 15 is 0 Å². The number of rotatable bonds is 5. The van der Waals surface area contributed by atoms with Gasteiger partial charge in [0.25, 0.3) is 0 Å². The number of hydrogen-bond donors (Lipinski definition) is 3. The van der Waals surface area contributed by atoms with E-state index in [-0.39, 0.29) is 0 Å². The molecule has 1 aromatic carbocycles. The van der Waals surface area contributed by atoms with Gasteiger partial charge in [-0.2, -0.15) is 4.31 Å². The van der Waals surface area contributed by atoms with E-state index in [1.807, 2.05) is 19.9 Å². The lowest BCUT2D eigenvalue weighted by atomic mass is 9.91. The van der Waals surface area contributed by atoms with Crippen molar-refractivity contribution in [1.82, 2.24) is 0 Å². The Kier molecular flexibility index (Phi) is 4.99. The molecule has 0 radical (unpaired) electrons. The smallest absolute Gasteiger partial charge is 0.302 e. The highest BCUT2D eigenvalue weighted by molar-refractivity contribution is 7.60. The zero-order valence-corrected chi connectivity index (χ0v) is 13.4. The highest BCUT2D eigenvalue weighted by atomic mass is 31.3. The fraction of sp³-hybridized carbons (Fsp3) is 0.455. The number of phosphoric ester groups is 1. The monoisotopic (exact) mass is 324 g/mol. The SMILES string of the molecule is Cc1cccc(C(C)(C)OP(=O)(O)OP(=O)(O)O)c1C. The van der Waals surface area contributed by atoms with Crippen molar-refractivity contribution >= 4 is 15.6 Å². The van der Waals surface area contributed by atoms with Gasteiger partial charge in [-0.3, -0.25) is 4.52 Å². The summed E-state index contributed by atoms with van der Waals surface area (Å²) in [6, 6.07) is 5.34. The largest absolute Gasteiger partial charge is 0.481 e. The molecule has 1 rings (SSSR count). The van der Waals surface area contributed by atoms with E-state index in [0.717, 1.165) is 11.1 Å². The lowest BCUT2D eigenvalue weighted by Gasteiger charge is -2.29. The summed E-state index contributed by atoms with van der Waals surface area (Å²) >= 11 is 0. The van der Waals surface area contributed by atoms with Crippen molar-refractivity contribution in [3.8, 4) is 0 Å². The lowest BCUT2D eigenvalue weighted by molar-refractivity contribution is 0.0612. The van der Waals surface area contributed by atoms with E-state index in [2.05, 4.69) is 4.31 Å². The van der Waals surface area contributed by atoms with Crippen molar-refractivity contribution in [2.24, 2.45) is 0 Å². The molecule has 1 unspecified atom stereocenters. The Hall–Kier alpha value is -0.520. The van der Waals surface area contributed by atoms with Gasteiger partial charge in [-0.15, -0.1) is 0 Å². The maximum absolute atomic E-state index is 11.6. The quantitative estimate of drug-likeness (QED) is 0.714. The molecule has 0 aliphatic carbocycles. The molecule has 1 atom stereocenters. The minimum atomic E-state index is -5.12. The van der Waals surface area contributed by atoms with Crippen LogP contribution in [0.25, 0.3) is 0 Å². The summed E-state index contributed by atoms with van der Waals surface area (Å²) in [5.74, 6) is 0. The molecule has 1 aromatic rings. The molecule has 20 heavy (non-hydrogen) atoms. The van der Waals surface area contributed by atoms with E-state index in [9.17, 15) is 14.0 Å². The van der Waals surface area contributed by atoms with Gasteiger partial charge in [-0.05, 0) is 44.4 Å². The minimum absolute atomic E-state index is 0.626. The second kappa shape index (κ2) is 5.70. The maximum atomic E-state index is 11.6. The molecule has 0 heterocycles. The number of aryl methyl sites for hydroxylation is 1. The van der Waals surface area contributed by atoms with Gasteiger partial charge in [0.15, 0.2) is 0 Å². The summed E-state index contributed by atoms with van der Waals surface area (Å²) in [5.41, 5.74) is 1.19. The van der Waals surface area contributed by atoms with Crippen molar-refractivity contribution in [1.29, 1.82) is 0 Å². The number of phosphoric acid groups is 2. The first-order valence-electron chi connectivity index (χ1n) is 5.71. The van der Waals surface area contributed by atoms with Gasteiger partial charge in [-0.25, -0.2) is 9.13 Å². The van der Waals surface area contributed by atoms with E-state index in [1.165, 1.54) is 13.8 Å². The normalized spacial score (nSPS) is 15.9. The van der Waals surface area contributed by atoms with E-state index in [0.29, 0.717) is 5.56 Å². The van der Waals surface area contributed by atoms with Crippen molar-refractivity contribution < 1.29 is 32.6 Å². The molecule has 0 aliphatic heterocycles. The maximum Gasteiger partial charge on any atom is 0.481 e. The molecule has 0 aromatic heterocycles. The zero-order chi connectivity index (χ0) is 15.8. The average molecular weight is 324 g/mol.